The fourth-order valence-electron chi connectivity index (χ4n) is 1.73. The maximum absolute atomic E-state index is 13.4. The Morgan fingerprint density at radius 1 is 0.630 bits per heavy atom. The number of methoxy groups -OCH3 is 1. The summed E-state index contributed by atoms with van der Waals surface area (Å²) < 4.78 is 90.3. The van der Waals surface area contributed by atoms with E-state index in [-0.39, 0.29) is 19.8 Å². The molecule has 0 unspecified atom stereocenters. The molecular weight excluding hydrogens is 383 g/mol. The van der Waals surface area contributed by atoms with E-state index >= 15 is 0 Å². The Hall–Kier alpha value is -1.82. The van der Waals surface area contributed by atoms with Gasteiger partial charge >= 0.3 is 5.97 Å². The van der Waals surface area contributed by atoms with E-state index in [2.05, 4.69) is 4.74 Å². The van der Waals surface area contributed by atoms with E-state index in [1.165, 1.54) is 0 Å². The second-order valence-electron chi connectivity index (χ2n) is 4.91. The van der Waals surface area contributed by atoms with Gasteiger partial charge in [0.2, 0.25) is 5.82 Å². The Morgan fingerprint density at radius 3 is 1.44 bits per heavy atom. The largest absolute Gasteiger partial charge is 0.459 e. The molecule has 0 fully saturated rings. The van der Waals surface area contributed by atoms with Crippen molar-refractivity contribution in [1.29, 1.82) is 0 Å². The topological polar surface area (TPSA) is 63.2 Å². The summed E-state index contributed by atoms with van der Waals surface area (Å²) in [6, 6.07) is 0. The van der Waals surface area contributed by atoms with E-state index in [9.17, 15) is 26.7 Å². The summed E-state index contributed by atoms with van der Waals surface area (Å²) in [4.78, 5) is 11.5. The van der Waals surface area contributed by atoms with Crippen molar-refractivity contribution >= 4 is 5.97 Å². The van der Waals surface area contributed by atoms with Crippen molar-refractivity contribution < 1.29 is 50.4 Å². The smallest absolute Gasteiger partial charge is 0.344 e. The zero-order valence-corrected chi connectivity index (χ0v) is 14.5. The van der Waals surface area contributed by atoms with Crippen molar-refractivity contribution in [2.75, 3.05) is 60.0 Å². The minimum absolute atomic E-state index is 0.137. The highest BCUT2D eigenvalue weighted by Gasteiger charge is 2.30. The first-order valence-electron chi connectivity index (χ1n) is 7.82. The molecule has 27 heavy (non-hydrogen) atoms. The Bertz CT molecular complexity index is 584. The first-order valence-corrected chi connectivity index (χ1v) is 7.82. The normalized spacial score (nSPS) is 11.0. The molecule has 0 aliphatic rings. The van der Waals surface area contributed by atoms with Crippen LogP contribution in [0.15, 0.2) is 0 Å². The van der Waals surface area contributed by atoms with E-state index in [0.717, 1.165) is 0 Å². The molecule has 11 heteroatoms. The van der Waals surface area contributed by atoms with Crippen LogP contribution in [0.4, 0.5) is 22.0 Å². The first-order chi connectivity index (χ1) is 12.9. The van der Waals surface area contributed by atoms with E-state index in [1.54, 1.807) is 7.11 Å². The van der Waals surface area contributed by atoms with Crippen LogP contribution in [-0.4, -0.2) is 65.9 Å². The van der Waals surface area contributed by atoms with Crippen LogP contribution in [0.2, 0.25) is 0 Å². The predicted octanol–water partition coefficient (Wildman–Crippen LogP) is 2.24. The van der Waals surface area contributed by atoms with Gasteiger partial charge in [0.25, 0.3) is 0 Å². The molecule has 1 aromatic carbocycles. The molecule has 0 amide bonds. The molecule has 154 valence electrons. The molecular formula is C16H19F5O6. The van der Waals surface area contributed by atoms with Gasteiger partial charge in [0.1, 0.15) is 12.2 Å². The highest BCUT2D eigenvalue weighted by atomic mass is 19.2. The van der Waals surface area contributed by atoms with Gasteiger partial charge in [-0.1, -0.05) is 0 Å². The Kier molecular flexibility index (Phi) is 10.8. The molecule has 0 bridgehead atoms. The van der Waals surface area contributed by atoms with Crippen molar-refractivity contribution in [3.63, 3.8) is 0 Å². The molecule has 0 atom stereocenters. The summed E-state index contributed by atoms with van der Waals surface area (Å²) in [5, 5.41) is 0. The fraction of sp³-hybridized carbons (Fsp3) is 0.562. The van der Waals surface area contributed by atoms with Crippen molar-refractivity contribution in [2.24, 2.45) is 0 Å². The van der Waals surface area contributed by atoms with Gasteiger partial charge in [0, 0.05) is 7.11 Å². The minimum atomic E-state index is -2.35. The van der Waals surface area contributed by atoms with E-state index in [4.69, 9.17) is 18.9 Å². The van der Waals surface area contributed by atoms with Crippen molar-refractivity contribution in [3.05, 3.63) is 34.6 Å². The third-order valence-electron chi connectivity index (χ3n) is 3.05. The van der Waals surface area contributed by atoms with Crippen LogP contribution in [0.3, 0.4) is 0 Å². The van der Waals surface area contributed by atoms with Crippen LogP contribution < -0.4 is 0 Å². The van der Waals surface area contributed by atoms with Crippen LogP contribution in [0, 0.1) is 29.1 Å². The summed E-state index contributed by atoms with van der Waals surface area (Å²) in [6.07, 6.45) is 0. The van der Waals surface area contributed by atoms with Crippen LogP contribution in [0.5, 0.6) is 0 Å². The average Bonchev–Trinajstić information content (AvgIpc) is 2.65. The van der Waals surface area contributed by atoms with Gasteiger partial charge in [-0.2, -0.15) is 0 Å². The van der Waals surface area contributed by atoms with Gasteiger partial charge in [0.15, 0.2) is 23.3 Å². The molecule has 0 N–H and O–H groups in total. The number of ether oxygens (including phenoxy) is 5. The zero-order valence-electron chi connectivity index (χ0n) is 14.5. The summed E-state index contributed by atoms with van der Waals surface area (Å²) in [7, 11) is 1.55. The number of hydrogen-bond acceptors (Lipinski definition) is 6. The number of carbonyl (C=O) groups excluding carboxylic acids is 1. The first kappa shape index (κ1) is 23.2. The average molecular weight is 402 g/mol. The monoisotopic (exact) mass is 402 g/mol. The maximum atomic E-state index is 13.4. The summed E-state index contributed by atoms with van der Waals surface area (Å²) in [5.74, 6) is -13.0. The van der Waals surface area contributed by atoms with Crippen molar-refractivity contribution in [1.82, 2.24) is 0 Å². The molecule has 0 aliphatic carbocycles. The fourth-order valence-corrected chi connectivity index (χ4v) is 1.73. The highest BCUT2D eigenvalue weighted by Crippen LogP contribution is 2.23. The standard InChI is InChI=1S/C16H19F5O6/c1-23-2-3-24-4-5-25-6-7-26-8-9-27-16(22)10-11(17)13(19)15(21)14(20)12(10)18/h2-9H2,1H3. The van der Waals surface area contributed by atoms with Gasteiger partial charge in [-0.15, -0.1) is 0 Å². The second kappa shape index (κ2) is 12.5. The van der Waals surface area contributed by atoms with E-state index < -0.39 is 47.2 Å². The number of rotatable bonds is 13. The van der Waals surface area contributed by atoms with Crippen LogP contribution in [-0.2, 0) is 23.7 Å². The molecule has 0 spiro atoms. The zero-order chi connectivity index (χ0) is 20.2. The van der Waals surface area contributed by atoms with Gasteiger partial charge < -0.3 is 23.7 Å². The lowest BCUT2D eigenvalue weighted by atomic mass is 10.1. The number of esters is 1. The lowest BCUT2D eigenvalue weighted by Crippen LogP contribution is -2.18. The molecule has 0 saturated carbocycles. The summed E-state index contributed by atoms with van der Waals surface area (Å²) in [6.45, 7) is 1.40. The minimum Gasteiger partial charge on any atom is -0.459 e. The lowest BCUT2D eigenvalue weighted by molar-refractivity contribution is -0.00572. The highest BCUT2D eigenvalue weighted by molar-refractivity contribution is 5.90. The quantitative estimate of drug-likeness (QED) is 0.166. The van der Waals surface area contributed by atoms with E-state index in [0.29, 0.717) is 26.4 Å². The Labute approximate surface area is 152 Å². The third-order valence-corrected chi connectivity index (χ3v) is 3.05. The Balaban J connectivity index is 2.22. The number of hydrogen-bond donors (Lipinski definition) is 0. The summed E-state index contributed by atoms with van der Waals surface area (Å²) in [5.41, 5.74) is -1.65. The van der Waals surface area contributed by atoms with Crippen LogP contribution in [0.25, 0.3) is 0 Å². The lowest BCUT2D eigenvalue weighted by Gasteiger charge is -2.09. The van der Waals surface area contributed by atoms with Crippen molar-refractivity contribution in [2.45, 2.75) is 0 Å². The molecule has 1 aromatic rings. The van der Waals surface area contributed by atoms with Gasteiger partial charge in [-0.05, 0) is 0 Å². The maximum Gasteiger partial charge on any atom is 0.344 e. The number of carbonyl (C=O) groups is 1. The van der Waals surface area contributed by atoms with E-state index in [1.807, 2.05) is 0 Å². The molecule has 0 radical (unpaired) electrons. The predicted molar refractivity (Wildman–Crippen MR) is 80.8 cm³/mol. The van der Waals surface area contributed by atoms with Gasteiger partial charge in [-0.25, -0.2) is 26.7 Å². The molecule has 1 rings (SSSR count). The molecule has 6 nitrogen and oxygen atoms in total. The van der Waals surface area contributed by atoms with Gasteiger partial charge in [-0.3, -0.25) is 0 Å². The molecule has 0 aromatic heterocycles. The summed E-state index contributed by atoms with van der Waals surface area (Å²) >= 11 is 0. The SMILES string of the molecule is COCCOCCOCCOCCOC(=O)c1c(F)c(F)c(F)c(F)c1F. The molecule has 0 aliphatic heterocycles. The van der Waals surface area contributed by atoms with Gasteiger partial charge in [0.05, 0.1) is 46.2 Å². The van der Waals surface area contributed by atoms with Crippen LogP contribution >= 0.6 is 0 Å². The Morgan fingerprint density at radius 2 is 1.00 bits per heavy atom. The van der Waals surface area contributed by atoms with Crippen LogP contribution in [0.1, 0.15) is 10.4 Å². The second-order valence-corrected chi connectivity index (χ2v) is 4.91. The number of halogens is 5. The third kappa shape index (κ3) is 7.37. The number of benzene rings is 1. The molecule has 0 heterocycles. The van der Waals surface area contributed by atoms with Crippen molar-refractivity contribution in [3.8, 4) is 0 Å². The molecule has 0 saturated heterocycles.